The average Bonchev–Trinajstić information content (AvgIpc) is 2.72. The number of rotatable bonds is 4. The number of benzene rings is 1. The molecule has 2 atom stereocenters. The molecule has 2 fully saturated rings. The zero-order valence-corrected chi connectivity index (χ0v) is 17.9. The lowest BCUT2D eigenvalue weighted by Gasteiger charge is -2.37. The first-order valence-electron chi connectivity index (χ1n) is 11.0. The van der Waals surface area contributed by atoms with E-state index < -0.39 is 35.1 Å². The maximum atomic E-state index is 13.0. The van der Waals surface area contributed by atoms with Crippen LogP contribution in [-0.4, -0.2) is 35.8 Å². The highest BCUT2D eigenvalue weighted by Gasteiger charge is 2.37. The number of amides is 2. The highest BCUT2D eigenvalue weighted by atomic mass is 19.4. The first-order chi connectivity index (χ1) is 15.3. The van der Waals surface area contributed by atoms with Gasteiger partial charge in [-0.05, 0) is 49.8 Å². The zero-order chi connectivity index (χ0) is 24.4. The summed E-state index contributed by atoms with van der Waals surface area (Å²) in [5, 5.41) is 2.17. The highest BCUT2D eigenvalue weighted by Crippen LogP contribution is 2.37. The van der Waals surface area contributed by atoms with Gasteiger partial charge in [0, 0.05) is 31.2 Å². The van der Waals surface area contributed by atoms with Crippen molar-refractivity contribution in [2.24, 2.45) is 17.6 Å². The van der Waals surface area contributed by atoms with Gasteiger partial charge < -0.3 is 16.0 Å². The van der Waals surface area contributed by atoms with Crippen LogP contribution < -0.4 is 11.1 Å². The van der Waals surface area contributed by atoms with Gasteiger partial charge in [0.05, 0.1) is 17.0 Å². The van der Waals surface area contributed by atoms with E-state index in [0.717, 1.165) is 25.7 Å². The van der Waals surface area contributed by atoms with Crippen molar-refractivity contribution in [2.75, 3.05) is 18.4 Å². The summed E-state index contributed by atoms with van der Waals surface area (Å²) in [6.07, 6.45) is -5.41. The van der Waals surface area contributed by atoms with Crippen molar-refractivity contribution in [3.8, 4) is 0 Å². The van der Waals surface area contributed by atoms with E-state index >= 15 is 0 Å². The monoisotopic (exact) mass is 479 g/mol. The van der Waals surface area contributed by atoms with E-state index in [-0.39, 0.29) is 36.3 Å². The molecule has 0 unspecified atom stereocenters. The van der Waals surface area contributed by atoms with Crippen LogP contribution in [0.15, 0.2) is 18.2 Å². The Morgan fingerprint density at radius 2 is 1.45 bits per heavy atom. The van der Waals surface area contributed by atoms with Gasteiger partial charge in [0.25, 0.3) is 0 Å². The summed E-state index contributed by atoms with van der Waals surface area (Å²) in [5.41, 5.74) is 2.56. The Kier molecular flexibility index (Phi) is 7.60. The second kappa shape index (κ2) is 9.90. The molecule has 1 aromatic rings. The number of alkyl halides is 6. The first kappa shape index (κ1) is 25.3. The Morgan fingerprint density at radius 1 is 0.909 bits per heavy atom. The van der Waals surface area contributed by atoms with Gasteiger partial charge in [-0.1, -0.05) is 12.8 Å². The molecule has 184 valence electrons. The summed E-state index contributed by atoms with van der Waals surface area (Å²) >= 11 is 0. The number of hydrogen-bond acceptors (Lipinski definition) is 3. The van der Waals surface area contributed by atoms with Gasteiger partial charge in [0.2, 0.25) is 11.8 Å². The van der Waals surface area contributed by atoms with Crippen LogP contribution in [0.4, 0.5) is 32.0 Å². The normalized spacial score (nSPS) is 22.8. The number of carbonyl (C=O) groups is 2. The molecule has 0 spiro atoms. The molecule has 1 aromatic carbocycles. The van der Waals surface area contributed by atoms with Gasteiger partial charge in [-0.15, -0.1) is 0 Å². The Morgan fingerprint density at radius 3 is 1.97 bits per heavy atom. The van der Waals surface area contributed by atoms with E-state index in [1.54, 1.807) is 4.90 Å². The summed E-state index contributed by atoms with van der Waals surface area (Å²) < 4.78 is 77.9. The van der Waals surface area contributed by atoms with Crippen LogP contribution in [0.3, 0.4) is 0 Å². The molecule has 1 heterocycles. The molecule has 3 N–H and O–H groups in total. The van der Waals surface area contributed by atoms with E-state index in [0.29, 0.717) is 38.1 Å². The van der Waals surface area contributed by atoms with E-state index in [1.807, 2.05) is 0 Å². The molecular formula is C22H27F6N3O2. The van der Waals surface area contributed by atoms with Crippen LogP contribution in [0, 0.1) is 11.8 Å². The van der Waals surface area contributed by atoms with Crippen molar-refractivity contribution in [1.29, 1.82) is 0 Å². The molecular weight excluding hydrogens is 452 g/mol. The van der Waals surface area contributed by atoms with Gasteiger partial charge in [-0.3, -0.25) is 9.59 Å². The summed E-state index contributed by atoms with van der Waals surface area (Å²) in [4.78, 5) is 26.8. The fourth-order valence-electron chi connectivity index (χ4n) is 4.56. The Hall–Kier alpha value is -2.30. The number of anilines is 1. The van der Waals surface area contributed by atoms with E-state index in [1.165, 1.54) is 0 Å². The predicted octanol–water partition coefficient (Wildman–Crippen LogP) is 4.81. The van der Waals surface area contributed by atoms with E-state index in [4.69, 9.17) is 5.73 Å². The van der Waals surface area contributed by atoms with Crippen molar-refractivity contribution in [3.05, 3.63) is 29.3 Å². The van der Waals surface area contributed by atoms with Crippen LogP contribution in [0.1, 0.15) is 56.1 Å². The van der Waals surface area contributed by atoms with Gasteiger partial charge in [0.15, 0.2) is 0 Å². The number of nitrogens with zero attached hydrogens (tertiary/aromatic N) is 1. The van der Waals surface area contributed by atoms with E-state index in [2.05, 4.69) is 5.32 Å². The lowest BCUT2D eigenvalue weighted by molar-refractivity contribution is -0.143. The fourth-order valence-corrected chi connectivity index (χ4v) is 4.56. The molecule has 2 amide bonds. The topological polar surface area (TPSA) is 75.4 Å². The lowest BCUT2D eigenvalue weighted by atomic mass is 9.83. The largest absolute Gasteiger partial charge is 0.416 e. The number of carbonyl (C=O) groups excluding carboxylic acids is 2. The van der Waals surface area contributed by atoms with Crippen molar-refractivity contribution < 1.29 is 35.9 Å². The van der Waals surface area contributed by atoms with Gasteiger partial charge in [-0.25, -0.2) is 0 Å². The second-order valence-electron chi connectivity index (χ2n) is 8.87. The molecule has 0 bridgehead atoms. The minimum absolute atomic E-state index is 0.0145. The molecule has 2 aliphatic rings. The van der Waals surface area contributed by atoms with Gasteiger partial charge in [-0.2, -0.15) is 26.3 Å². The van der Waals surface area contributed by atoms with Crippen molar-refractivity contribution >= 4 is 17.5 Å². The summed E-state index contributed by atoms with van der Waals surface area (Å²) in [7, 11) is 0. The van der Waals surface area contributed by atoms with Crippen LogP contribution in [-0.2, 0) is 21.9 Å². The van der Waals surface area contributed by atoms with Crippen LogP contribution in [0.2, 0.25) is 0 Å². The third kappa shape index (κ3) is 6.61. The zero-order valence-electron chi connectivity index (χ0n) is 17.9. The number of halogens is 6. The maximum Gasteiger partial charge on any atom is 0.416 e. The average molecular weight is 479 g/mol. The summed E-state index contributed by atoms with van der Waals surface area (Å²) in [5.74, 6) is -0.959. The molecule has 11 heteroatoms. The quantitative estimate of drug-likeness (QED) is 0.609. The molecule has 0 radical (unpaired) electrons. The molecule has 1 aliphatic carbocycles. The number of likely N-dealkylation sites (tertiary alicyclic amines) is 1. The van der Waals surface area contributed by atoms with Crippen LogP contribution in [0.25, 0.3) is 0 Å². The Labute approximate surface area is 187 Å². The Bertz CT molecular complexity index is 830. The molecule has 1 saturated heterocycles. The summed E-state index contributed by atoms with van der Waals surface area (Å²) in [6, 6.07) is 0.841. The minimum Gasteiger partial charge on any atom is -0.342 e. The third-order valence-electron chi connectivity index (χ3n) is 6.41. The third-order valence-corrected chi connectivity index (χ3v) is 6.41. The van der Waals surface area contributed by atoms with Gasteiger partial charge in [0.1, 0.15) is 0 Å². The number of piperidine rings is 1. The van der Waals surface area contributed by atoms with Crippen molar-refractivity contribution in [3.63, 3.8) is 0 Å². The molecule has 5 nitrogen and oxygen atoms in total. The van der Waals surface area contributed by atoms with E-state index in [9.17, 15) is 35.9 Å². The number of hydrogen-bond donors (Lipinski definition) is 2. The smallest absolute Gasteiger partial charge is 0.342 e. The summed E-state index contributed by atoms with van der Waals surface area (Å²) in [6.45, 7) is 0.892. The van der Waals surface area contributed by atoms with Crippen molar-refractivity contribution in [1.82, 2.24) is 4.90 Å². The van der Waals surface area contributed by atoms with Crippen molar-refractivity contribution in [2.45, 2.75) is 63.3 Å². The molecule has 33 heavy (non-hydrogen) atoms. The van der Waals surface area contributed by atoms with Crippen LogP contribution in [0.5, 0.6) is 0 Å². The highest BCUT2D eigenvalue weighted by molar-refractivity contribution is 5.91. The van der Waals surface area contributed by atoms with Crippen LogP contribution >= 0.6 is 0 Å². The molecule has 1 aliphatic heterocycles. The lowest BCUT2D eigenvalue weighted by Crippen LogP contribution is -2.48. The first-order valence-corrected chi connectivity index (χ1v) is 11.0. The fraction of sp³-hybridized carbons (Fsp3) is 0.636. The molecule has 0 aromatic heterocycles. The SMILES string of the molecule is N[C@@H]1CCCC[C@@H]1C(=O)N1CCC(CC(=O)Nc2cc(C(F)(F)F)cc(C(F)(F)F)c2)CC1. The van der Waals surface area contributed by atoms with Gasteiger partial charge >= 0.3 is 12.4 Å². The molecule has 3 rings (SSSR count). The minimum atomic E-state index is -4.99. The predicted molar refractivity (Wildman–Crippen MR) is 109 cm³/mol. The standard InChI is InChI=1S/C22H27F6N3O2/c23-21(24,25)14-10-15(22(26,27)28)12-16(11-14)30-19(32)9-13-5-7-31(8-6-13)20(33)17-3-1-2-4-18(17)29/h10-13,17-18H,1-9,29H2,(H,30,32)/t17-,18+/m0/s1. The maximum absolute atomic E-state index is 13.0. The second-order valence-corrected chi connectivity index (χ2v) is 8.87. The number of nitrogens with two attached hydrogens (primary N) is 1. The molecule has 1 saturated carbocycles. The number of nitrogens with one attached hydrogen (secondary N) is 1. The Balaban J connectivity index is 1.57.